The molecule has 4 atom stereocenters. The fourth-order valence-corrected chi connectivity index (χ4v) is 8.29. The van der Waals surface area contributed by atoms with Gasteiger partial charge in [0.1, 0.15) is 10.3 Å². The van der Waals surface area contributed by atoms with Gasteiger partial charge in [0, 0.05) is 12.0 Å². The van der Waals surface area contributed by atoms with Gasteiger partial charge in [0.2, 0.25) is 11.0 Å². The summed E-state index contributed by atoms with van der Waals surface area (Å²) in [5.74, 6) is 0.548. The van der Waals surface area contributed by atoms with E-state index in [1.807, 2.05) is 30.3 Å². The molecule has 1 aliphatic carbocycles. The molecular formula is C20H23NO2S. The molecule has 5 fully saturated rings. The lowest BCUT2D eigenvalue weighted by molar-refractivity contribution is -0.163. The molecule has 4 aliphatic heterocycles. The number of fused-ring (bicyclic) bond motifs is 1. The van der Waals surface area contributed by atoms with Crippen molar-refractivity contribution in [1.82, 2.24) is 4.90 Å². The minimum atomic E-state index is -0.931. The van der Waals surface area contributed by atoms with Gasteiger partial charge in [-0.3, -0.25) is 9.59 Å². The summed E-state index contributed by atoms with van der Waals surface area (Å²) in [6.45, 7) is 3.08. The molecule has 3 nitrogen and oxygen atoms in total. The van der Waals surface area contributed by atoms with Gasteiger partial charge in [-0.15, -0.1) is 0 Å². The lowest BCUT2D eigenvalue weighted by Gasteiger charge is -2.66. The molecule has 1 unspecified atom stereocenters. The standard InChI is InChI=1S/C20H23NO2S/c1-2-18-10-6-12-21-16(22)19(14-7-4-3-5-8-14)13-15(9-11-18)20(18,21)24-17(19)23/h3-5,7-8,15H,2,6,9-13H2,1H3/t15-,18?,19-,20+/m1/s1. The molecule has 1 aromatic rings. The molecule has 4 saturated heterocycles. The summed E-state index contributed by atoms with van der Waals surface area (Å²) in [5, 5.41) is 0.104. The van der Waals surface area contributed by atoms with E-state index in [4.69, 9.17) is 0 Å². The SMILES string of the molecule is CCC12CCCN3C(=O)[C@]4(c5ccccc5)C[C@@H](CC1)[C@@]32SC4=O. The Morgan fingerprint density at radius 3 is 2.75 bits per heavy atom. The van der Waals surface area contributed by atoms with Crippen LogP contribution in [0.25, 0.3) is 0 Å². The van der Waals surface area contributed by atoms with Gasteiger partial charge in [-0.25, -0.2) is 0 Å². The van der Waals surface area contributed by atoms with E-state index < -0.39 is 5.41 Å². The van der Waals surface area contributed by atoms with Gasteiger partial charge in [0.25, 0.3) is 0 Å². The van der Waals surface area contributed by atoms with Crippen LogP contribution in [0.5, 0.6) is 0 Å². The molecule has 4 heteroatoms. The average molecular weight is 341 g/mol. The lowest BCUT2D eigenvalue weighted by Crippen LogP contribution is -2.76. The highest BCUT2D eigenvalue weighted by Crippen LogP contribution is 2.73. The number of hydrogen-bond acceptors (Lipinski definition) is 3. The molecule has 1 saturated carbocycles. The van der Waals surface area contributed by atoms with Crippen molar-refractivity contribution in [2.24, 2.45) is 11.3 Å². The van der Waals surface area contributed by atoms with Gasteiger partial charge in [0.15, 0.2) is 0 Å². The first-order valence-electron chi connectivity index (χ1n) is 9.22. The van der Waals surface area contributed by atoms with E-state index in [1.165, 1.54) is 24.6 Å². The quantitative estimate of drug-likeness (QED) is 0.769. The summed E-state index contributed by atoms with van der Waals surface area (Å²) in [6, 6.07) is 9.80. The molecular weight excluding hydrogens is 318 g/mol. The Balaban J connectivity index is 1.73. The van der Waals surface area contributed by atoms with Gasteiger partial charge in [0.05, 0.1) is 0 Å². The molecule has 0 N–H and O–H groups in total. The smallest absolute Gasteiger partial charge is 0.242 e. The van der Waals surface area contributed by atoms with E-state index in [1.54, 1.807) is 0 Å². The number of hydrogen-bond donors (Lipinski definition) is 0. The summed E-state index contributed by atoms with van der Waals surface area (Å²) in [4.78, 5) is 28.9. The molecule has 0 radical (unpaired) electrons. The first-order chi connectivity index (χ1) is 11.6. The van der Waals surface area contributed by atoms with E-state index in [0.29, 0.717) is 5.92 Å². The van der Waals surface area contributed by atoms with Crippen LogP contribution in [0.1, 0.15) is 51.0 Å². The molecule has 1 spiro atoms. The molecule has 5 aliphatic rings. The number of carbonyl (C=O) groups is 2. The number of benzene rings is 1. The number of rotatable bonds is 2. The van der Waals surface area contributed by atoms with E-state index >= 15 is 0 Å². The monoisotopic (exact) mass is 341 g/mol. The Bertz CT molecular complexity index is 734. The van der Waals surface area contributed by atoms with Crippen LogP contribution in [0, 0.1) is 11.3 Å². The Kier molecular flexibility index (Phi) is 2.91. The Hall–Kier alpha value is -1.29. The minimum absolute atomic E-state index is 0.0909. The fourth-order valence-electron chi connectivity index (χ4n) is 6.33. The second kappa shape index (κ2) is 4.66. The Labute approximate surface area is 147 Å². The molecule has 6 rings (SSSR count). The van der Waals surface area contributed by atoms with Crippen LogP contribution >= 0.6 is 11.8 Å². The van der Waals surface area contributed by atoms with Gasteiger partial charge in [-0.2, -0.15) is 0 Å². The van der Waals surface area contributed by atoms with Crippen molar-refractivity contribution < 1.29 is 9.59 Å². The van der Waals surface area contributed by atoms with Crippen LogP contribution in [0.15, 0.2) is 30.3 Å². The van der Waals surface area contributed by atoms with Gasteiger partial charge >= 0.3 is 0 Å². The maximum absolute atomic E-state index is 13.6. The van der Waals surface area contributed by atoms with E-state index in [9.17, 15) is 9.59 Å². The van der Waals surface area contributed by atoms with E-state index in [-0.39, 0.29) is 21.3 Å². The zero-order chi connectivity index (χ0) is 16.6. The average Bonchev–Trinajstić information content (AvgIpc) is 2.94. The first kappa shape index (κ1) is 15.0. The van der Waals surface area contributed by atoms with Crippen LogP contribution in [0.4, 0.5) is 0 Å². The predicted octanol–water partition coefficient (Wildman–Crippen LogP) is 3.73. The Morgan fingerprint density at radius 2 is 2.00 bits per heavy atom. The van der Waals surface area contributed by atoms with Crippen LogP contribution < -0.4 is 0 Å². The van der Waals surface area contributed by atoms with Gasteiger partial charge in [-0.1, -0.05) is 49.0 Å². The normalized spacial score (nSPS) is 43.2. The molecule has 24 heavy (non-hydrogen) atoms. The third kappa shape index (κ3) is 1.40. The zero-order valence-corrected chi connectivity index (χ0v) is 14.9. The van der Waals surface area contributed by atoms with Crippen molar-refractivity contribution in [3.8, 4) is 0 Å². The fraction of sp³-hybridized carbons (Fsp3) is 0.600. The molecule has 4 heterocycles. The maximum atomic E-state index is 13.6. The summed E-state index contributed by atoms with van der Waals surface area (Å²) in [5.41, 5.74) is 0.120. The van der Waals surface area contributed by atoms with Crippen molar-refractivity contribution in [1.29, 1.82) is 0 Å². The number of piperidine rings is 2. The van der Waals surface area contributed by atoms with Gasteiger partial charge < -0.3 is 4.90 Å². The summed E-state index contributed by atoms with van der Waals surface area (Å²) < 4.78 is 0. The lowest BCUT2D eigenvalue weighted by atomic mass is 9.62. The second-order valence-corrected chi connectivity index (χ2v) is 9.19. The van der Waals surface area contributed by atoms with Crippen LogP contribution in [-0.4, -0.2) is 27.3 Å². The second-order valence-electron chi connectivity index (χ2n) is 7.99. The summed E-state index contributed by atoms with van der Waals surface area (Å²) in [6.07, 6.45) is 6.37. The number of amides is 1. The molecule has 126 valence electrons. The third-order valence-electron chi connectivity index (χ3n) is 7.43. The van der Waals surface area contributed by atoms with Crippen molar-refractivity contribution in [2.45, 2.75) is 55.7 Å². The highest BCUT2D eigenvalue weighted by atomic mass is 32.2. The minimum Gasteiger partial charge on any atom is -0.326 e. The summed E-state index contributed by atoms with van der Waals surface area (Å²) >= 11 is 1.53. The molecule has 0 aromatic heterocycles. The highest BCUT2D eigenvalue weighted by molar-refractivity contribution is 8.15. The predicted molar refractivity (Wildman–Crippen MR) is 94.5 cm³/mol. The van der Waals surface area contributed by atoms with Crippen molar-refractivity contribution >= 4 is 22.8 Å². The van der Waals surface area contributed by atoms with Crippen molar-refractivity contribution in [3.63, 3.8) is 0 Å². The third-order valence-corrected chi connectivity index (χ3v) is 9.26. The summed E-state index contributed by atoms with van der Waals surface area (Å²) in [7, 11) is 0. The number of thioether (sulfide) groups is 1. The first-order valence-corrected chi connectivity index (χ1v) is 10.0. The topological polar surface area (TPSA) is 37.4 Å². The number of carbonyl (C=O) groups excluding carboxylic acids is 2. The number of nitrogens with zero attached hydrogens (tertiary/aromatic N) is 1. The highest BCUT2D eigenvalue weighted by Gasteiger charge is 2.76. The Morgan fingerprint density at radius 1 is 1.21 bits per heavy atom. The molecule has 1 amide bonds. The molecule has 2 bridgehead atoms. The maximum Gasteiger partial charge on any atom is 0.242 e. The van der Waals surface area contributed by atoms with E-state index in [2.05, 4.69) is 11.8 Å². The van der Waals surface area contributed by atoms with E-state index in [0.717, 1.165) is 37.8 Å². The molecule has 1 aromatic carbocycles. The van der Waals surface area contributed by atoms with Crippen molar-refractivity contribution in [2.75, 3.05) is 6.54 Å². The van der Waals surface area contributed by atoms with Crippen LogP contribution in [0.3, 0.4) is 0 Å². The van der Waals surface area contributed by atoms with Crippen LogP contribution in [0.2, 0.25) is 0 Å². The van der Waals surface area contributed by atoms with Crippen LogP contribution in [-0.2, 0) is 15.0 Å². The largest absolute Gasteiger partial charge is 0.326 e. The van der Waals surface area contributed by atoms with Gasteiger partial charge in [-0.05, 0) is 50.0 Å². The van der Waals surface area contributed by atoms with Crippen molar-refractivity contribution in [3.05, 3.63) is 35.9 Å². The zero-order valence-electron chi connectivity index (χ0n) is 14.1.